The minimum absolute atomic E-state index is 0.0589. The van der Waals surface area contributed by atoms with Crippen molar-refractivity contribution in [2.24, 2.45) is 5.92 Å². The largest absolute Gasteiger partial charge is 0.441 e. The van der Waals surface area contributed by atoms with Gasteiger partial charge in [-0.3, -0.25) is 4.31 Å². The van der Waals surface area contributed by atoms with Crippen LogP contribution in [0.5, 0.6) is 0 Å². The predicted octanol–water partition coefficient (Wildman–Crippen LogP) is 2.02. The van der Waals surface area contributed by atoms with Gasteiger partial charge in [0.15, 0.2) is 0 Å². The minimum atomic E-state index is -4.07. The fourth-order valence-corrected chi connectivity index (χ4v) is 1.96. The van der Waals surface area contributed by atoms with Crippen molar-refractivity contribution in [2.45, 2.75) is 5.51 Å². The van der Waals surface area contributed by atoms with E-state index < -0.39 is 5.51 Å². The molecule has 1 aliphatic rings. The smallest absolute Gasteiger partial charge is 0.253 e. The lowest BCUT2D eigenvalue weighted by molar-refractivity contribution is -0.0332. The van der Waals surface area contributed by atoms with Crippen LogP contribution in [-0.4, -0.2) is 28.7 Å². The zero-order valence-electron chi connectivity index (χ0n) is 5.64. The zero-order valence-corrected chi connectivity index (χ0v) is 7.35. The Balaban J connectivity index is 2.05. The summed E-state index contributed by atoms with van der Waals surface area (Å²) in [6.07, 6.45) is 0. The van der Waals surface area contributed by atoms with Crippen molar-refractivity contribution in [1.29, 1.82) is 0 Å². The van der Waals surface area contributed by atoms with Crippen LogP contribution >= 0.6 is 24.6 Å². The van der Waals surface area contributed by atoms with E-state index in [2.05, 4.69) is 12.8 Å². The van der Waals surface area contributed by atoms with Gasteiger partial charge in [0.05, 0.1) is 0 Å². The average Bonchev–Trinajstić information content (AvgIpc) is 1.75. The van der Waals surface area contributed by atoms with Gasteiger partial charge >= 0.3 is 5.51 Å². The highest BCUT2D eigenvalue weighted by molar-refractivity contribution is 8.00. The molecule has 1 aliphatic heterocycles. The summed E-state index contributed by atoms with van der Waals surface area (Å²) >= 11 is 4.01. The van der Waals surface area contributed by atoms with Crippen LogP contribution in [0.1, 0.15) is 0 Å². The molecule has 0 bridgehead atoms. The van der Waals surface area contributed by atoms with Crippen LogP contribution in [0.3, 0.4) is 0 Å². The third-order valence-corrected chi connectivity index (χ3v) is 2.71. The van der Waals surface area contributed by atoms with Gasteiger partial charge in [-0.1, -0.05) is 24.6 Å². The maximum absolute atomic E-state index is 11.6. The van der Waals surface area contributed by atoms with Gasteiger partial charge in [-0.05, 0) is 5.92 Å². The van der Waals surface area contributed by atoms with Crippen molar-refractivity contribution < 1.29 is 13.2 Å². The minimum Gasteiger partial charge on any atom is -0.253 e. The molecule has 1 saturated heterocycles. The fraction of sp³-hybridized carbons (Fsp3) is 1.00. The molecule has 6 heteroatoms. The molecule has 1 nitrogen and oxygen atoms in total. The number of thiol groups is 1. The molecular formula is C5H8F3NS2. The molecule has 1 rings (SSSR count). The van der Waals surface area contributed by atoms with Gasteiger partial charge in [0.25, 0.3) is 0 Å². The molecule has 0 amide bonds. The van der Waals surface area contributed by atoms with Crippen molar-refractivity contribution in [1.82, 2.24) is 4.31 Å². The first kappa shape index (κ1) is 9.54. The first-order valence-corrected chi connectivity index (χ1v) is 4.50. The van der Waals surface area contributed by atoms with E-state index in [1.54, 1.807) is 4.31 Å². The predicted molar refractivity (Wildman–Crippen MR) is 42.6 cm³/mol. The van der Waals surface area contributed by atoms with E-state index in [9.17, 15) is 13.2 Å². The molecule has 0 atom stereocenters. The summed E-state index contributed by atoms with van der Waals surface area (Å²) in [4.78, 5) is 0. The van der Waals surface area contributed by atoms with E-state index in [-0.39, 0.29) is 23.4 Å². The first-order valence-electron chi connectivity index (χ1n) is 3.12. The maximum atomic E-state index is 11.6. The summed E-state index contributed by atoms with van der Waals surface area (Å²) in [7, 11) is 0. The fourth-order valence-electron chi connectivity index (χ4n) is 0.860. The number of nitrogens with zero attached hydrogens (tertiary/aromatic N) is 1. The Hall–Kier alpha value is 0.450. The average molecular weight is 203 g/mol. The number of halogens is 3. The topological polar surface area (TPSA) is 3.24 Å². The molecular weight excluding hydrogens is 195 g/mol. The molecule has 66 valence electrons. The monoisotopic (exact) mass is 203 g/mol. The van der Waals surface area contributed by atoms with E-state index in [4.69, 9.17) is 0 Å². The van der Waals surface area contributed by atoms with E-state index in [1.165, 1.54) is 0 Å². The first-order chi connectivity index (χ1) is 4.97. The highest BCUT2D eigenvalue weighted by atomic mass is 32.2. The molecule has 0 aromatic rings. The molecule has 0 aliphatic carbocycles. The Labute approximate surface area is 72.9 Å². The molecule has 0 aromatic heterocycles. The highest BCUT2D eigenvalue weighted by Gasteiger charge is 2.32. The highest BCUT2D eigenvalue weighted by Crippen LogP contribution is 2.33. The molecule has 0 spiro atoms. The van der Waals surface area contributed by atoms with Crippen LogP contribution in [0.2, 0.25) is 0 Å². The van der Waals surface area contributed by atoms with Crippen LogP contribution in [0.15, 0.2) is 0 Å². The molecule has 0 radical (unpaired) electrons. The van der Waals surface area contributed by atoms with E-state index in [1.807, 2.05) is 0 Å². The van der Waals surface area contributed by atoms with Crippen molar-refractivity contribution in [2.75, 3.05) is 18.8 Å². The summed E-state index contributed by atoms with van der Waals surface area (Å²) in [5.74, 6) is 0.333. The molecule has 11 heavy (non-hydrogen) atoms. The second-order valence-corrected chi connectivity index (χ2v) is 4.14. The van der Waals surface area contributed by atoms with Gasteiger partial charge < -0.3 is 0 Å². The quantitative estimate of drug-likeness (QED) is 0.684. The van der Waals surface area contributed by atoms with Gasteiger partial charge in [-0.15, -0.1) is 0 Å². The maximum Gasteiger partial charge on any atom is 0.441 e. The summed E-state index contributed by atoms with van der Waals surface area (Å²) in [6, 6.07) is 0. The third-order valence-electron chi connectivity index (χ3n) is 1.42. The molecule has 0 unspecified atom stereocenters. The zero-order chi connectivity index (χ0) is 8.48. The van der Waals surface area contributed by atoms with Gasteiger partial charge in [0.2, 0.25) is 0 Å². The molecule has 1 fully saturated rings. The van der Waals surface area contributed by atoms with Crippen LogP contribution in [-0.2, 0) is 0 Å². The number of rotatable bonds is 2. The SMILES string of the molecule is FC(F)(F)SCC1CN(S)C1. The Bertz CT molecular complexity index is 132. The van der Waals surface area contributed by atoms with E-state index in [0.717, 1.165) is 0 Å². The lowest BCUT2D eigenvalue weighted by Crippen LogP contribution is -2.41. The standard InChI is InChI=1S/C5H8F3NS2/c6-5(7,8)11-3-4-1-9(10)2-4/h4,10H,1-3H2. The van der Waals surface area contributed by atoms with E-state index >= 15 is 0 Å². The van der Waals surface area contributed by atoms with Gasteiger partial charge in [0, 0.05) is 18.8 Å². The molecule has 0 N–H and O–H groups in total. The Morgan fingerprint density at radius 3 is 2.36 bits per heavy atom. The second kappa shape index (κ2) is 3.45. The summed E-state index contributed by atoms with van der Waals surface area (Å²) in [6.45, 7) is 1.35. The van der Waals surface area contributed by atoms with Crippen LogP contribution in [0.25, 0.3) is 0 Å². The number of hydrogen-bond acceptors (Lipinski definition) is 3. The molecule has 1 heterocycles. The molecule has 0 saturated carbocycles. The van der Waals surface area contributed by atoms with Crippen LogP contribution < -0.4 is 0 Å². The number of thioether (sulfide) groups is 1. The lowest BCUT2D eigenvalue weighted by atomic mass is 10.1. The normalized spacial score (nSPS) is 21.8. The summed E-state index contributed by atoms with van der Waals surface area (Å²) in [5, 5.41) is 0. The Morgan fingerprint density at radius 2 is 2.00 bits per heavy atom. The van der Waals surface area contributed by atoms with Crippen molar-refractivity contribution in [3.05, 3.63) is 0 Å². The van der Waals surface area contributed by atoms with Crippen LogP contribution in [0.4, 0.5) is 13.2 Å². The summed E-state index contributed by atoms with van der Waals surface area (Å²) < 4.78 is 36.5. The molecule has 0 aromatic carbocycles. The van der Waals surface area contributed by atoms with Gasteiger partial charge in [0.1, 0.15) is 0 Å². The lowest BCUT2D eigenvalue weighted by Gasteiger charge is -2.34. The number of hydrogen-bond donors (Lipinski definition) is 1. The van der Waals surface area contributed by atoms with Gasteiger partial charge in [-0.25, -0.2) is 0 Å². The Morgan fingerprint density at radius 1 is 1.45 bits per heavy atom. The Kier molecular flexibility index (Phi) is 2.99. The van der Waals surface area contributed by atoms with Crippen molar-refractivity contribution in [3.8, 4) is 0 Å². The van der Waals surface area contributed by atoms with Crippen LogP contribution in [0, 0.1) is 5.92 Å². The summed E-state index contributed by atoms with van der Waals surface area (Å²) in [5.41, 5.74) is -4.07. The number of alkyl halides is 3. The van der Waals surface area contributed by atoms with Crippen molar-refractivity contribution in [3.63, 3.8) is 0 Å². The van der Waals surface area contributed by atoms with E-state index in [0.29, 0.717) is 13.1 Å². The van der Waals surface area contributed by atoms with Crippen molar-refractivity contribution >= 4 is 24.6 Å². The third kappa shape index (κ3) is 3.57. The second-order valence-electron chi connectivity index (χ2n) is 2.49. The van der Waals surface area contributed by atoms with Gasteiger partial charge in [-0.2, -0.15) is 13.2 Å².